The number of carboxylic acid groups (broad SMARTS) is 1. The highest BCUT2D eigenvalue weighted by molar-refractivity contribution is 5.92. The number of carbonyl (C=O) groups excluding carboxylic acids is 1. The Balaban J connectivity index is 1.92. The van der Waals surface area contributed by atoms with Crippen molar-refractivity contribution in [3.05, 3.63) is 59.7 Å². The minimum atomic E-state index is -0.975. The summed E-state index contributed by atoms with van der Waals surface area (Å²) in [4.78, 5) is 23.2. The van der Waals surface area contributed by atoms with Crippen LogP contribution in [0.4, 0.5) is 5.69 Å². The van der Waals surface area contributed by atoms with Gasteiger partial charge in [-0.25, -0.2) is 0 Å². The Kier molecular flexibility index (Phi) is 5.24. The lowest BCUT2D eigenvalue weighted by atomic mass is 9.85. The van der Waals surface area contributed by atoms with Gasteiger partial charge in [0.05, 0.1) is 5.41 Å². The van der Waals surface area contributed by atoms with Crippen molar-refractivity contribution in [1.29, 1.82) is 0 Å². The molecule has 0 spiro atoms. The molecule has 0 unspecified atom stereocenters. The minimum absolute atomic E-state index is 0.0918. The first-order valence-corrected chi connectivity index (χ1v) is 7.62. The van der Waals surface area contributed by atoms with Crippen molar-refractivity contribution in [2.75, 3.05) is 11.9 Å². The van der Waals surface area contributed by atoms with E-state index in [1.807, 2.05) is 31.2 Å². The van der Waals surface area contributed by atoms with Crippen LogP contribution in [-0.4, -0.2) is 23.6 Å². The average molecular weight is 327 g/mol. The summed E-state index contributed by atoms with van der Waals surface area (Å²) in [5.74, 6) is -0.541. The van der Waals surface area contributed by atoms with E-state index in [9.17, 15) is 14.7 Å². The molecule has 0 aliphatic heterocycles. The van der Waals surface area contributed by atoms with E-state index >= 15 is 0 Å². The third kappa shape index (κ3) is 4.35. The van der Waals surface area contributed by atoms with Crippen molar-refractivity contribution in [2.24, 2.45) is 0 Å². The number of carboxylic acids is 1. The van der Waals surface area contributed by atoms with Crippen LogP contribution in [0.5, 0.6) is 5.75 Å². The fourth-order valence-corrected chi connectivity index (χ4v) is 2.07. The summed E-state index contributed by atoms with van der Waals surface area (Å²) in [6.07, 6.45) is 0. The second-order valence-electron chi connectivity index (χ2n) is 6.16. The van der Waals surface area contributed by atoms with Gasteiger partial charge in [-0.3, -0.25) is 9.59 Å². The molecule has 0 atom stereocenters. The third-order valence-corrected chi connectivity index (χ3v) is 3.82. The molecule has 2 aromatic rings. The number of nitrogens with one attached hydrogen (secondary N) is 1. The normalized spacial score (nSPS) is 11.0. The van der Waals surface area contributed by atoms with E-state index in [0.717, 1.165) is 5.56 Å². The molecular formula is C19H21NO4. The number of hydrogen-bond donors (Lipinski definition) is 2. The molecule has 0 bridgehead atoms. The standard InChI is InChI=1S/C19H21NO4/c1-13-4-10-16(11-5-13)24-12-17(21)20-15-8-6-14(7-9-15)19(2,3)18(22)23/h4-11H,12H2,1-3H3,(H,20,21)(H,22,23). The van der Waals surface area contributed by atoms with E-state index in [1.54, 1.807) is 38.1 Å². The SMILES string of the molecule is Cc1ccc(OCC(=O)Nc2ccc(C(C)(C)C(=O)O)cc2)cc1. The molecule has 2 N–H and O–H groups in total. The van der Waals surface area contributed by atoms with Crippen LogP contribution >= 0.6 is 0 Å². The molecule has 0 aliphatic carbocycles. The minimum Gasteiger partial charge on any atom is -0.484 e. The Labute approximate surface area is 141 Å². The number of hydrogen-bond acceptors (Lipinski definition) is 3. The summed E-state index contributed by atoms with van der Waals surface area (Å²) in [6, 6.07) is 14.2. The lowest BCUT2D eigenvalue weighted by Crippen LogP contribution is -2.28. The van der Waals surface area contributed by atoms with E-state index in [1.165, 1.54) is 0 Å². The summed E-state index contributed by atoms with van der Waals surface area (Å²) in [5.41, 5.74) is 1.41. The van der Waals surface area contributed by atoms with Crippen LogP contribution < -0.4 is 10.1 Å². The predicted molar refractivity (Wildman–Crippen MR) is 92.4 cm³/mol. The van der Waals surface area contributed by atoms with Gasteiger partial charge in [0.1, 0.15) is 5.75 Å². The monoisotopic (exact) mass is 327 g/mol. The highest BCUT2D eigenvalue weighted by Gasteiger charge is 2.29. The van der Waals surface area contributed by atoms with Crippen LogP contribution in [0.3, 0.4) is 0 Å². The summed E-state index contributed by atoms with van der Waals surface area (Å²) >= 11 is 0. The van der Waals surface area contributed by atoms with Gasteiger partial charge < -0.3 is 15.2 Å². The van der Waals surface area contributed by atoms with E-state index in [0.29, 0.717) is 17.0 Å². The smallest absolute Gasteiger partial charge is 0.313 e. The summed E-state index contributed by atoms with van der Waals surface area (Å²) in [6.45, 7) is 5.16. The highest BCUT2D eigenvalue weighted by atomic mass is 16.5. The van der Waals surface area contributed by atoms with Crippen LogP contribution in [0.1, 0.15) is 25.0 Å². The fraction of sp³-hybridized carbons (Fsp3) is 0.263. The maximum atomic E-state index is 11.9. The molecule has 2 rings (SSSR count). The second-order valence-corrected chi connectivity index (χ2v) is 6.16. The molecule has 0 saturated heterocycles. The van der Waals surface area contributed by atoms with Crippen molar-refractivity contribution >= 4 is 17.6 Å². The molecule has 0 fully saturated rings. The molecule has 0 heterocycles. The summed E-state index contributed by atoms with van der Waals surface area (Å²) in [5, 5.41) is 11.9. The number of rotatable bonds is 6. The Morgan fingerprint density at radius 3 is 2.17 bits per heavy atom. The Morgan fingerprint density at radius 1 is 1.04 bits per heavy atom. The van der Waals surface area contributed by atoms with Crippen molar-refractivity contribution in [3.8, 4) is 5.75 Å². The van der Waals surface area contributed by atoms with Crippen LogP contribution in [0, 0.1) is 6.92 Å². The molecular weight excluding hydrogens is 306 g/mol. The first kappa shape index (κ1) is 17.5. The molecule has 0 radical (unpaired) electrons. The Hall–Kier alpha value is -2.82. The van der Waals surface area contributed by atoms with Gasteiger partial charge in [-0.15, -0.1) is 0 Å². The maximum absolute atomic E-state index is 11.9. The molecule has 5 nitrogen and oxygen atoms in total. The molecule has 0 saturated carbocycles. The van der Waals surface area contributed by atoms with Gasteiger partial charge in [-0.1, -0.05) is 29.8 Å². The van der Waals surface area contributed by atoms with Crippen LogP contribution in [-0.2, 0) is 15.0 Å². The Morgan fingerprint density at radius 2 is 1.62 bits per heavy atom. The number of benzene rings is 2. The van der Waals surface area contributed by atoms with Crippen LogP contribution in [0.2, 0.25) is 0 Å². The zero-order chi connectivity index (χ0) is 17.7. The van der Waals surface area contributed by atoms with E-state index in [2.05, 4.69) is 5.32 Å². The fourth-order valence-electron chi connectivity index (χ4n) is 2.07. The summed E-state index contributed by atoms with van der Waals surface area (Å²) < 4.78 is 5.41. The molecule has 24 heavy (non-hydrogen) atoms. The van der Waals surface area contributed by atoms with Crippen LogP contribution in [0.15, 0.2) is 48.5 Å². The van der Waals surface area contributed by atoms with Gasteiger partial charge in [0.15, 0.2) is 6.61 Å². The second kappa shape index (κ2) is 7.17. The molecule has 126 valence electrons. The van der Waals surface area contributed by atoms with Gasteiger partial charge in [0.25, 0.3) is 5.91 Å². The van der Waals surface area contributed by atoms with Crippen molar-refractivity contribution in [3.63, 3.8) is 0 Å². The maximum Gasteiger partial charge on any atom is 0.313 e. The van der Waals surface area contributed by atoms with E-state index in [4.69, 9.17) is 4.74 Å². The topological polar surface area (TPSA) is 75.6 Å². The number of amides is 1. The Bertz CT molecular complexity index is 718. The van der Waals surface area contributed by atoms with Gasteiger partial charge in [0.2, 0.25) is 0 Å². The molecule has 5 heteroatoms. The van der Waals surface area contributed by atoms with Gasteiger partial charge in [-0.05, 0) is 50.6 Å². The number of aliphatic carboxylic acids is 1. The lowest BCUT2D eigenvalue weighted by molar-refractivity contribution is -0.142. The van der Waals surface area contributed by atoms with Crippen molar-refractivity contribution in [2.45, 2.75) is 26.2 Å². The van der Waals surface area contributed by atoms with Gasteiger partial charge in [0, 0.05) is 5.69 Å². The van der Waals surface area contributed by atoms with Crippen LogP contribution in [0.25, 0.3) is 0 Å². The van der Waals surface area contributed by atoms with Crippen molar-refractivity contribution < 1.29 is 19.4 Å². The zero-order valence-electron chi connectivity index (χ0n) is 14.0. The van der Waals surface area contributed by atoms with Gasteiger partial charge >= 0.3 is 5.97 Å². The molecule has 0 aromatic heterocycles. The lowest BCUT2D eigenvalue weighted by Gasteiger charge is -2.19. The number of ether oxygens (including phenoxy) is 1. The number of carbonyl (C=O) groups is 2. The highest BCUT2D eigenvalue weighted by Crippen LogP contribution is 2.24. The number of aryl methyl sites for hydroxylation is 1. The third-order valence-electron chi connectivity index (χ3n) is 3.82. The number of anilines is 1. The average Bonchev–Trinajstić information content (AvgIpc) is 2.54. The molecule has 0 aliphatic rings. The first-order chi connectivity index (χ1) is 11.3. The summed E-state index contributed by atoms with van der Waals surface area (Å²) in [7, 11) is 0. The molecule has 2 aromatic carbocycles. The predicted octanol–water partition coefficient (Wildman–Crippen LogP) is 3.37. The molecule has 1 amide bonds. The van der Waals surface area contributed by atoms with E-state index in [-0.39, 0.29) is 12.5 Å². The first-order valence-electron chi connectivity index (χ1n) is 7.62. The van der Waals surface area contributed by atoms with Crippen molar-refractivity contribution in [1.82, 2.24) is 0 Å². The largest absolute Gasteiger partial charge is 0.484 e. The zero-order valence-corrected chi connectivity index (χ0v) is 14.0. The van der Waals surface area contributed by atoms with Gasteiger partial charge in [-0.2, -0.15) is 0 Å². The van der Waals surface area contributed by atoms with E-state index < -0.39 is 11.4 Å². The quantitative estimate of drug-likeness (QED) is 0.853.